The normalized spacial score (nSPS) is 11.6. The van der Waals surface area contributed by atoms with Crippen molar-refractivity contribution in [1.82, 2.24) is 0 Å². The van der Waals surface area contributed by atoms with E-state index < -0.39 is 10.1 Å². The van der Waals surface area contributed by atoms with E-state index in [1.807, 2.05) is 24.3 Å². The summed E-state index contributed by atoms with van der Waals surface area (Å²) in [6.07, 6.45) is 0. The van der Waals surface area contributed by atoms with Crippen molar-refractivity contribution in [2.24, 2.45) is 10.2 Å². The minimum Gasteiger partial charge on any atom is -0.744 e. The van der Waals surface area contributed by atoms with Crippen LogP contribution < -0.4 is 29.6 Å². The van der Waals surface area contributed by atoms with Crippen LogP contribution in [0, 0.1) is 6.92 Å². The first-order valence-corrected chi connectivity index (χ1v) is 8.46. The van der Waals surface area contributed by atoms with E-state index >= 15 is 0 Å². The van der Waals surface area contributed by atoms with Crippen LogP contribution in [0.3, 0.4) is 0 Å². The molecule has 3 aromatic rings. The molecule has 3 rings (SSSR count). The van der Waals surface area contributed by atoms with Crippen LogP contribution in [-0.2, 0) is 10.1 Å². The molecule has 0 aliphatic rings. The molecule has 0 bridgehead atoms. The largest absolute Gasteiger partial charge is 1.00 e. The molecule has 0 atom stereocenters. The molecule has 1 N–H and O–H groups in total. The van der Waals surface area contributed by atoms with Gasteiger partial charge in [0.05, 0.1) is 10.6 Å². The summed E-state index contributed by atoms with van der Waals surface area (Å²) in [5, 5.41) is 19.9. The Labute approximate surface area is 167 Å². The van der Waals surface area contributed by atoms with Crippen LogP contribution in [0.1, 0.15) is 5.56 Å². The number of aromatic hydroxyl groups is 1. The SMILES string of the molecule is Cc1cc(S(=O)(=O)[O-])ccc1/N=N/c1c(O)ccc2ccccc12.[Na+]. The second-order valence-electron chi connectivity index (χ2n) is 5.26. The number of aryl methyl sites for hydroxylation is 1. The summed E-state index contributed by atoms with van der Waals surface area (Å²) in [7, 11) is -4.51. The summed E-state index contributed by atoms with van der Waals surface area (Å²) in [6.45, 7) is 1.63. The molecule has 0 fully saturated rings. The van der Waals surface area contributed by atoms with E-state index in [0.717, 1.165) is 10.8 Å². The maximum atomic E-state index is 11.0. The zero-order valence-electron chi connectivity index (χ0n) is 13.7. The Hall–Kier alpha value is -1.77. The van der Waals surface area contributed by atoms with Gasteiger partial charge in [0.1, 0.15) is 21.6 Å². The number of benzene rings is 3. The first-order valence-electron chi connectivity index (χ1n) is 7.05. The Balaban J connectivity index is 0.00000225. The van der Waals surface area contributed by atoms with Crippen molar-refractivity contribution in [3.63, 3.8) is 0 Å². The Morgan fingerprint density at radius 2 is 1.72 bits per heavy atom. The summed E-state index contributed by atoms with van der Waals surface area (Å²) < 4.78 is 33.1. The summed E-state index contributed by atoms with van der Waals surface area (Å²) in [5.41, 5.74) is 1.23. The van der Waals surface area contributed by atoms with Crippen molar-refractivity contribution >= 4 is 32.3 Å². The fourth-order valence-electron chi connectivity index (χ4n) is 2.35. The molecule has 0 amide bonds. The summed E-state index contributed by atoms with van der Waals surface area (Å²) in [6, 6.07) is 14.6. The van der Waals surface area contributed by atoms with E-state index in [4.69, 9.17) is 0 Å². The van der Waals surface area contributed by atoms with Gasteiger partial charge in [-0.3, -0.25) is 0 Å². The van der Waals surface area contributed by atoms with Gasteiger partial charge in [-0.15, -0.1) is 5.11 Å². The van der Waals surface area contributed by atoms with Gasteiger partial charge < -0.3 is 9.66 Å². The first kappa shape index (κ1) is 19.6. The molecule has 0 heterocycles. The number of hydrogen-bond acceptors (Lipinski definition) is 6. The van der Waals surface area contributed by atoms with Gasteiger partial charge in [0, 0.05) is 5.39 Å². The molecule has 0 saturated carbocycles. The molecule has 0 aliphatic heterocycles. The van der Waals surface area contributed by atoms with Crippen LogP contribution in [0.15, 0.2) is 69.7 Å². The quantitative estimate of drug-likeness (QED) is 0.428. The molecule has 25 heavy (non-hydrogen) atoms. The van der Waals surface area contributed by atoms with Crippen molar-refractivity contribution < 1.29 is 47.6 Å². The Morgan fingerprint density at radius 1 is 1.00 bits per heavy atom. The zero-order valence-corrected chi connectivity index (χ0v) is 16.5. The van der Waals surface area contributed by atoms with E-state index in [0.29, 0.717) is 16.9 Å². The zero-order chi connectivity index (χ0) is 17.3. The van der Waals surface area contributed by atoms with Crippen molar-refractivity contribution in [3.8, 4) is 5.75 Å². The molecule has 0 saturated heterocycles. The molecule has 0 aromatic heterocycles. The predicted octanol–water partition coefficient (Wildman–Crippen LogP) is 1.18. The van der Waals surface area contributed by atoms with Crippen LogP contribution in [0.4, 0.5) is 11.4 Å². The number of azo groups is 1. The van der Waals surface area contributed by atoms with E-state index in [2.05, 4.69) is 10.2 Å². The van der Waals surface area contributed by atoms with E-state index in [1.54, 1.807) is 13.0 Å². The average molecular weight is 364 g/mol. The summed E-state index contributed by atoms with van der Waals surface area (Å²) in [4.78, 5) is -0.313. The van der Waals surface area contributed by atoms with Crippen molar-refractivity contribution in [1.29, 1.82) is 0 Å². The van der Waals surface area contributed by atoms with E-state index in [9.17, 15) is 18.1 Å². The number of hydrogen-bond donors (Lipinski definition) is 1. The maximum absolute atomic E-state index is 11.0. The molecule has 122 valence electrons. The standard InChI is InChI=1S/C17H14N2O4S.Na/c1-11-10-13(24(21,22)23)7-8-15(11)18-19-17-14-5-3-2-4-12(14)6-9-16(17)20;/h2-10,20H,1H3,(H,21,22,23);/q;+1/p-1/b19-18+;. The topological polar surface area (TPSA) is 102 Å². The maximum Gasteiger partial charge on any atom is 1.00 e. The van der Waals surface area contributed by atoms with Crippen LogP contribution in [0.25, 0.3) is 10.8 Å². The predicted molar refractivity (Wildman–Crippen MR) is 88.9 cm³/mol. The second kappa shape index (κ2) is 7.63. The molecule has 3 aromatic carbocycles. The van der Waals surface area contributed by atoms with Crippen LogP contribution in [-0.4, -0.2) is 18.1 Å². The van der Waals surface area contributed by atoms with E-state index in [1.165, 1.54) is 24.3 Å². The van der Waals surface area contributed by atoms with Crippen molar-refractivity contribution in [2.45, 2.75) is 11.8 Å². The number of nitrogens with zero attached hydrogens (tertiary/aromatic N) is 2. The third-order valence-corrected chi connectivity index (χ3v) is 4.43. The molecule has 0 radical (unpaired) electrons. The van der Waals surface area contributed by atoms with Gasteiger partial charge in [-0.2, -0.15) is 5.11 Å². The Morgan fingerprint density at radius 3 is 2.40 bits per heavy atom. The third-order valence-electron chi connectivity index (χ3n) is 3.59. The number of phenolic OH excluding ortho intramolecular Hbond substituents is 1. The van der Waals surface area contributed by atoms with Crippen LogP contribution >= 0.6 is 0 Å². The average Bonchev–Trinajstić information content (AvgIpc) is 2.54. The Bertz CT molecular complexity index is 1070. The first-order chi connectivity index (χ1) is 11.4. The van der Waals surface area contributed by atoms with Gasteiger partial charge in [-0.25, -0.2) is 8.42 Å². The number of phenols is 1. The molecule has 6 nitrogen and oxygen atoms in total. The third kappa shape index (κ3) is 4.26. The monoisotopic (exact) mass is 364 g/mol. The van der Waals surface area contributed by atoms with Gasteiger partial charge in [0.2, 0.25) is 0 Å². The van der Waals surface area contributed by atoms with Gasteiger partial charge in [0.15, 0.2) is 0 Å². The fraction of sp³-hybridized carbons (Fsp3) is 0.0588. The molecule has 8 heteroatoms. The number of rotatable bonds is 3. The van der Waals surface area contributed by atoms with Crippen LogP contribution in [0.2, 0.25) is 0 Å². The molecular formula is C17H13N2NaO4S. The molecular weight excluding hydrogens is 351 g/mol. The summed E-state index contributed by atoms with van der Waals surface area (Å²) in [5.74, 6) is -0.00569. The van der Waals surface area contributed by atoms with Gasteiger partial charge >= 0.3 is 29.6 Å². The molecule has 0 aliphatic carbocycles. The minimum absolute atomic E-state index is 0. The van der Waals surface area contributed by atoms with Crippen molar-refractivity contribution in [3.05, 3.63) is 60.2 Å². The Kier molecular flexibility index (Phi) is 5.97. The van der Waals surface area contributed by atoms with E-state index in [-0.39, 0.29) is 40.2 Å². The van der Waals surface area contributed by atoms with Gasteiger partial charge in [0.25, 0.3) is 0 Å². The fourth-order valence-corrected chi connectivity index (χ4v) is 2.90. The smallest absolute Gasteiger partial charge is 0.744 e. The van der Waals surface area contributed by atoms with Gasteiger partial charge in [-0.05, 0) is 42.1 Å². The van der Waals surface area contributed by atoms with Crippen molar-refractivity contribution in [2.75, 3.05) is 0 Å². The van der Waals surface area contributed by atoms with Crippen LogP contribution in [0.5, 0.6) is 5.75 Å². The molecule has 0 unspecified atom stereocenters. The second-order valence-corrected chi connectivity index (χ2v) is 6.64. The molecule has 0 spiro atoms. The number of fused-ring (bicyclic) bond motifs is 1. The van der Waals surface area contributed by atoms with Gasteiger partial charge in [-0.1, -0.05) is 30.3 Å². The summed E-state index contributed by atoms with van der Waals surface area (Å²) >= 11 is 0. The minimum atomic E-state index is -4.51.